The van der Waals surface area contributed by atoms with Crippen LogP contribution in [0, 0.1) is 0 Å². The maximum absolute atomic E-state index is 5.90. The summed E-state index contributed by atoms with van der Waals surface area (Å²) in [5.74, 6) is 0. The van der Waals surface area contributed by atoms with Crippen molar-refractivity contribution in [1.82, 2.24) is 0 Å². The van der Waals surface area contributed by atoms with E-state index in [0.29, 0.717) is 0 Å². The van der Waals surface area contributed by atoms with Gasteiger partial charge >= 0.3 is 0 Å². The topological polar surface area (TPSA) is 52.0 Å². The molecule has 1 rings (SSSR count). The molecule has 0 amide bonds. The van der Waals surface area contributed by atoms with Crippen LogP contribution < -0.4 is 11.5 Å². The Hall–Kier alpha value is -1.54. The van der Waals surface area contributed by atoms with Crippen molar-refractivity contribution >= 4 is 6.08 Å². The molecule has 0 radical (unpaired) electrons. The lowest BCUT2D eigenvalue weighted by molar-refractivity contribution is 0.681. The number of hydrogen-bond acceptors (Lipinski definition) is 2. The molecule has 17 heavy (non-hydrogen) atoms. The Morgan fingerprint density at radius 1 is 1.06 bits per heavy atom. The molecule has 0 aliphatic heterocycles. The highest BCUT2D eigenvalue weighted by molar-refractivity contribution is 5.50. The second kappa shape index (κ2) is 8.59. The zero-order valence-corrected chi connectivity index (χ0v) is 10.3. The Kier molecular flexibility index (Phi) is 6.84. The Balaban J connectivity index is 2.30. The molecule has 1 aromatic carbocycles. The second-order valence-electron chi connectivity index (χ2n) is 4.11. The molecule has 0 saturated carbocycles. The predicted octanol–water partition coefficient (Wildman–Crippen LogP) is 3.06. The first-order valence-corrected chi connectivity index (χ1v) is 6.21. The summed E-state index contributed by atoms with van der Waals surface area (Å²) in [6, 6.07) is 10.2. The standard InChI is InChI=1S/C15H22N2/c16-13-6-2-5-11-15(17)12-7-10-14-8-3-1-4-9-14/h1,3-4,7-10,12H,2,5-6,11,13,16-17H2/b10-7+,15-12+. The molecule has 0 heterocycles. The fourth-order valence-corrected chi connectivity index (χ4v) is 1.58. The Labute approximate surface area is 104 Å². The minimum absolute atomic E-state index is 0.775. The summed E-state index contributed by atoms with van der Waals surface area (Å²) in [5.41, 5.74) is 13.5. The minimum atomic E-state index is 0.775. The van der Waals surface area contributed by atoms with Crippen LogP contribution in [0.3, 0.4) is 0 Å². The number of hydrogen-bond donors (Lipinski definition) is 2. The highest BCUT2D eigenvalue weighted by Gasteiger charge is 1.90. The lowest BCUT2D eigenvalue weighted by atomic mass is 10.1. The van der Waals surface area contributed by atoms with Gasteiger partial charge in [-0.2, -0.15) is 0 Å². The molecule has 4 N–H and O–H groups in total. The van der Waals surface area contributed by atoms with Crippen LogP contribution in [-0.2, 0) is 0 Å². The van der Waals surface area contributed by atoms with Gasteiger partial charge in [0, 0.05) is 5.70 Å². The van der Waals surface area contributed by atoms with Gasteiger partial charge in [-0.15, -0.1) is 0 Å². The van der Waals surface area contributed by atoms with E-state index in [1.54, 1.807) is 0 Å². The zero-order valence-electron chi connectivity index (χ0n) is 10.3. The minimum Gasteiger partial charge on any atom is -0.402 e. The van der Waals surface area contributed by atoms with Crippen LogP contribution in [0.25, 0.3) is 6.08 Å². The number of rotatable bonds is 7. The maximum Gasteiger partial charge on any atom is 0.00804 e. The Morgan fingerprint density at radius 2 is 1.82 bits per heavy atom. The van der Waals surface area contributed by atoms with E-state index in [9.17, 15) is 0 Å². The number of benzene rings is 1. The summed E-state index contributed by atoms with van der Waals surface area (Å²) in [5, 5.41) is 0. The third kappa shape index (κ3) is 6.59. The third-order valence-electron chi connectivity index (χ3n) is 2.57. The van der Waals surface area contributed by atoms with Crippen LogP contribution in [-0.4, -0.2) is 6.54 Å². The molecule has 0 atom stereocenters. The van der Waals surface area contributed by atoms with Crippen molar-refractivity contribution in [1.29, 1.82) is 0 Å². The summed E-state index contributed by atoms with van der Waals surface area (Å²) in [4.78, 5) is 0. The highest BCUT2D eigenvalue weighted by Crippen LogP contribution is 2.05. The maximum atomic E-state index is 5.90. The highest BCUT2D eigenvalue weighted by atomic mass is 14.6. The van der Waals surface area contributed by atoms with E-state index in [1.165, 1.54) is 5.56 Å². The van der Waals surface area contributed by atoms with Crippen LogP contribution in [0.5, 0.6) is 0 Å². The van der Waals surface area contributed by atoms with Gasteiger partial charge in [-0.1, -0.05) is 48.9 Å². The van der Waals surface area contributed by atoms with Gasteiger partial charge in [0.25, 0.3) is 0 Å². The van der Waals surface area contributed by atoms with Crippen molar-refractivity contribution < 1.29 is 0 Å². The zero-order chi connectivity index (χ0) is 12.3. The van der Waals surface area contributed by atoms with Crippen molar-refractivity contribution in [2.24, 2.45) is 11.5 Å². The lowest BCUT2D eigenvalue weighted by Crippen LogP contribution is -2.00. The van der Waals surface area contributed by atoms with E-state index in [4.69, 9.17) is 11.5 Å². The van der Waals surface area contributed by atoms with Crippen molar-refractivity contribution in [3.63, 3.8) is 0 Å². The van der Waals surface area contributed by atoms with Gasteiger partial charge in [0.05, 0.1) is 0 Å². The SMILES string of the molecule is NCCCCC/C(N)=C\C=C\c1ccccc1. The van der Waals surface area contributed by atoms with E-state index in [0.717, 1.165) is 37.9 Å². The van der Waals surface area contributed by atoms with Gasteiger partial charge in [0.2, 0.25) is 0 Å². The second-order valence-corrected chi connectivity index (χ2v) is 4.11. The first-order valence-electron chi connectivity index (χ1n) is 6.21. The molecule has 0 unspecified atom stereocenters. The summed E-state index contributed by atoms with van der Waals surface area (Å²) in [7, 11) is 0. The summed E-state index contributed by atoms with van der Waals surface area (Å²) in [6.07, 6.45) is 10.4. The van der Waals surface area contributed by atoms with Gasteiger partial charge in [0.1, 0.15) is 0 Å². The molecule has 1 aromatic rings. The van der Waals surface area contributed by atoms with Crippen LogP contribution in [0.15, 0.2) is 48.2 Å². The summed E-state index contributed by atoms with van der Waals surface area (Å²) >= 11 is 0. The Morgan fingerprint density at radius 3 is 2.53 bits per heavy atom. The van der Waals surface area contributed by atoms with E-state index < -0.39 is 0 Å². The van der Waals surface area contributed by atoms with E-state index in [-0.39, 0.29) is 0 Å². The molecule has 0 fully saturated rings. The molecule has 92 valence electrons. The van der Waals surface area contributed by atoms with Crippen LogP contribution in [0.1, 0.15) is 31.2 Å². The Bertz CT molecular complexity index is 352. The lowest BCUT2D eigenvalue weighted by Gasteiger charge is -1.99. The van der Waals surface area contributed by atoms with Gasteiger partial charge < -0.3 is 11.5 Å². The van der Waals surface area contributed by atoms with E-state index in [1.807, 2.05) is 30.4 Å². The van der Waals surface area contributed by atoms with Gasteiger partial charge in [-0.05, 0) is 37.4 Å². The molecule has 2 heteroatoms. The van der Waals surface area contributed by atoms with Gasteiger partial charge in [-0.25, -0.2) is 0 Å². The molecule has 0 saturated heterocycles. The molecule has 0 spiro atoms. The molecular formula is C15H22N2. The smallest absolute Gasteiger partial charge is 0.00804 e. The van der Waals surface area contributed by atoms with E-state index >= 15 is 0 Å². The van der Waals surface area contributed by atoms with Crippen molar-refractivity contribution in [2.45, 2.75) is 25.7 Å². The number of unbranched alkanes of at least 4 members (excludes halogenated alkanes) is 2. The average Bonchev–Trinajstić information content (AvgIpc) is 2.36. The molecule has 0 bridgehead atoms. The first kappa shape index (κ1) is 13.5. The van der Waals surface area contributed by atoms with Crippen molar-refractivity contribution in [2.75, 3.05) is 6.54 Å². The summed E-state index contributed by atoms with van der Waals surface area (Å²) < 4.78 is 0. The average molecular weight is 230 g/mol. The first-order chi connectivity index (χ1) is 8.33. The molecule has 0 aliphatic carbocycles. The number of nitrogens with two attached hydrogens (primary N) is 2. The number of allylic oxidation sites excluding steroid dienone is 3. The molecular weight excluding hydrogens is 208 g/mol. The predicted molar refractivity (Wildman–Crippen MR) is 75.3 cm³/mol. The summed E-state index contributed by atoms with van der Waals surface area (Å²) in [6.45, 7) is 0.775. The quantitative estimate of drug-likeness (QED) is 0.558. The van der Waals surface area contributed by atoms with Crippen LogP contribution in [0.2, 0.25) is 0 Å². The molecule has 0 aromatic heterocycles. The fraction of sp³-hybridized carbons (Fsp3) is 0.333. The molecule has 2 nitrogen and oxygen atoms in total. The van der Waals surface area contributed by atoms with Crippen LogP contribution >= 0.6 is 0 Å². The van der Waals surface area contributed by atoms with E-state index in [2.05, 4.69) is 18.2 Å². The van der Waals surface area contributed by atoms with Crippen molar-refractivity contribution in [3.05, 3.63) is 53.7 Å². The monoisotopic (exact) mass is 230 g/mol. The molecule has 0 aliphatic rings. The third-order valence-corrected chi connectivity index (χ3v) is 2.57. The van der Waals surface area contributed by atoms with Crippen molar-refractivity contribution in [3.8, 4) is 0 Å². The van der Waals surface area contributed by atoms with Crippen LogP contribution in [0.4, 0.5) is 0 Å². The largest absolute Gasteiger partial charge is 0.402 e. The van der Waals surface area contributed by atoms with Gasteiger partial charge in [0.15, 0.2) is 0 Å². The normalized spacial score (nSPS) is 12.2. The van der Waals surface area contributed by atoms with Gasteiger partial charge in [-0.3, -0.25) is 0 Å². The fourth-order valence-electron chi connectivity index (χ4n) is 1.58.